The van der Waals surface area contributed by atoms with Crippen LogP contribution in [0.25, 0.3) is 10.2 Å². The van der Waals surface area contributed by atoms with Crippen LogP contribution in [0, 0.1) is 6.92 Å². The zero-order valence-corrected chi connectivity index (χ0v) is 17.2. The van der Waals surface area contributed by atoms with E-state index in [1.165, 1.54) is 0 Å². The third kappa shape index (κ3) is 4.72. The van der Waals surface area contributed by atoms with Gasteiger partial charge < -0.3 is 19.9 Å². The average Bonchev–Trinajstić information content (AvgIpc) is 2.96. The van der Waals surface area contributed by atoms with E-state index in [1.807, 2.05) is 20.9 Å². The Labute approximate surface area is 161 Å². The Morgan fingerprint density at radius 1 is 1.37 bits per heavy atom. The number of amides is 1. The minimum Gasteiger partial charge on any atom is -0.462 e. The molecule has 2 rings (SSSR count). The van der Waals surface area contributed by atoms with Crippen LogP contribution in [-0.4, -0.2) is 48.6 Å². The lowest BCUT2D eigenvalue weighted by molar-refractivity contribution is -0.903. The molecule has 9 heteroatoms. The van der Waals surface area contributed by atoms with Gasteiger partial charge in [-0.2, -0.15) is 0 Å². The van der Waals surface area contributed by atoms with Gasteiger partial charge >= 0.3 is 5.97 Å². The van der Waals surface area contributed by atoms with E-state index in [2.05, 4.69) is 15.3 Å². The highest BCUT2D eigenvalue weighted by Gasteiger charge is 2.24. The number of aryl methyl sites for hydroxylation is 1. The molecule has 3 N–H and O–H groups in total. The lowest BCUT2D eigenvalue weighted by atomic mass is 10.2. The Bertz CT molecular complexity index is 889. The second kappa shape index (κ2) is 9.09. The van der Waals surface area contributed by atoms with Crippen LogP contribution >= 0.6 is 11.3 Å². The van der Waals surface area contributed by atoms with Gasteiger partial charge in [0.1, 0.15) is 15.7 Å². The molecular formula is C18H27N4O4S+. The Morgan fingerprint density at radius 2 is 2.07 bits per heavy atom. The molecule has 2 aromatic rings. The highest BCUT2D eigenvalue weighted by Crippen LogP contribution is 2.28. The number of rotatable bonds is 8. The number of quaternary nitrogens is 1. The maximum atomic E-state index is 12.6. The number of carbonyl (C=O) groups excluding carboxylic acids is 2. The first-order valence-corrected chi connectivity index (χ1v) is 9.91. The van der Waals surface area contributed by atoms with Crippen molar-refractivity contribution in [2.75, 3.05) is 26.7 Å². The molecule has 0 bridgehead atoms. The van der Waals surface area contributed by atoms with Gasteiger partial charge in [-0.15, -0.1) is 11.3 Å². The molecule has 0 radical (unpaired) electrons. The summed E-state index contributed by atoms with van der Waals surface area (Å²) in [5, 5.41) is 3.26. The number of carbonyl (C=O) groups is 2. The Morgan fingerprint density at radius 3 is 2.70 bits per heavy atom. The molecule has 2 atom stereocenters. The predicted molar refractivity (Wildman–Crippen MR) is 104 cm³/mol. The van der Waals surface area contributed by atoms with Gasteiger partial charge in [0.05, 0.1) is 19.0 Å². The number of nitrogens with one attached hydrogen (secondary N) is 3. The number of likely N-dealkylation sites (N-methyl/N-ethyl adjacent to an activating group) is 1. The van der Waals surface area contributed by atoms with E-state index >= 15 is 0 Å². The van der Waals surface area contributed by atoms with E-state index in [-0.39, 0.29) is 30.7 Å². The molecule has 0 aliphatic carbocycles. The van der Waals surface area contributed by atoms with E-state index in [4.69, 9.17) is 4.74 Å². The van der Waals surface area contributed by atoms with Crippen molar-refractivity contribution in [2.24, 2.45) is 0 Å². The second-order valence-electron chi connectivity index (χ2n) is 6.50. The third-order valence-electron chi connectivity index (χ3n) is 4.44. The molecule has 0 fully saturated rings. The number of hydrogen-bond donors (Lipinski definition) is 3. The van der Waals surface area contributed by atoms with Gasteiger partial charge in [0.25, 0.3) is 11.5 Å². The van der Waals surface area contributed by atoms with Crippen molar-refractivity contribution < 1.29 is 19.2 Å². The fourth-order valence-corrected chi connectivity index (χ4v) is 3.81. The van der Waals surface area contributed by atoms with E-state index in [0.29, 0.717) is 33.0 Å². The summed E-state index contributed by atoms with van der Waals surface area (Å²) in [6.07, 6.45) is 0.881. The molecule has 0 aliphatic heterocycles. The second-order valence-corrected chi connectivity index (χ2v) is 7.50. The van der Waals surface area contributed by atoms with Gasteiger partial charge in [-0.25, -0.2) is 9.78 Å². The molecule has 1 amide bonds. The lowest BCUT2D eigenvalue weighted by Crippen LogP contribution is -3.10. The number of aromatic amines is 1. The lowest BCUT2D eigenvalue weighted by Gasteiger charge is -2.20. The van der Waals surface area contributed by atoms with Crippen LogP contribution in [-0.2, 0) is 9.53 Å². The fraction of sp³-hybridized carbons (Fsp3) is 0.556. The Hall–Kier alpha value is -2.26. The Balaban J connectivity index is 2.30. The van der Waals surface area contributed by atoms with Crippen LogP contribution in [0.3, 0.4) is 0 Å². The highest BCUT2D eigenvalue weighted by atomic mass is 32.1. The van der Waals surface area contributed by atoms with Gasteiger partial charge in [-0.05, 0) is 32.8 Å². The van der Waals surface area contributed by atoms with E-state index < -0.39 is 5.97 Å². The summed E-state index contributed by atoms with van der Waals surface area (Å²) in [5.74, 6) is 0.00785. The molecule has 2 aromatic heterocycles. The molecule has 0 saturated heterocycles. The van der Waals surface area contributed by atoms with Crippen molar-refractivity contribution in [1.82, 2.24) is 15.3 Å². The minimum atomic E-state index is -0.442. The quantitative estimate of drug-likeness (QED) is 0.567. The number of H-pyrrole nitrogens is 1. The van der Waals surface area contributed by atoms with Crippen LogP contribution < -0.4 is 15.8 Å². The number of nitrogens with zero attached hydrogens (tertiary/aromatic N) is 1. The van der Waals surface area contributed by atoms with Crippen LogP contribution in [0.5, 0.6) is 0 Å². The monoisotopic (exact) mass is 395 g/mol. The number of hydrogen-bond acceptors (Lipinski definition) is 6. The van der Waals surface area contributed by atoms with Crippen molar-refractivity contribution in [1.29, 1.82) is 0 Å². The molecule has 0 saturated carbocycles. The van der Waals surface area contributed by atoms with Crippen molar-refractivity contribution in [3.05, 3.63) is 26.6 Å². The topological polar surface area (TPSA) is 106 Å². The first-order chi connectivity index (χ1) is 12.8. The van der Waals surface area contributed by atoms with Crippen LogP contribution in [0.1, 0.15) is 54.3 Å². The molecule has 0 aromatic carbocycles. The molecular weight excluding hydrogens is 368 g/mol. The van der Waals surface area contributed by atoms with Crippen LogP contribution in [0.4, 0.5) is 0 Å². The van der Waals surface area contributed by atoms with Crippen molar-refractivity contribution >= 4 is 33.4 Å². The predicted octanol–water partition coefficient (Wildman–Crippen LogP) is 0.572. The molecule has 0 aliphatic rings. The van der Waals surface area contributed by atoms with Crippen molar-refractivity contribution in [3.63, 3.8) is 0 Å². The maximum Gasteiger partial charge on any atom is 0.348 e. The van der Waals surface area contributed by atoms with E-state index in [0.717, 1.165) is 22.7 Å². The summed E-state index contributed by atoms with van der Waals surface area (Å²) in [4.78, 5) is 45.8. The molecule has 1 unspecified atom stereocenters. The Kier molecular flexibility index (Phi) is 7.09. The smallest absolute Gasteiger partial charge is 0.348 e. The normalized spacial score (nSPS) is 13.4. The van der Waals surface area contributed by atoms with Crippen molar-refractivity contribution in [2.45, 2.75) is 40.2 Å². The first kappa shape index (κ1) is 21.0. The summed E-state index contributed by atoms with van der Waals surface area (Å²) >= 11 is 1.16. The van der Waals surface area contributed by atoms with Gasteiger partial charge in [0.15, 0.2) is 12.4 Å². The molecule has 148 valence electrons. The zero-order valence-electron chi connectivity index (χ0n) is 16.4. The van der Waals surface area contributed by atoms with Gasteiger partial charge in [-0.1, -0.05) is 6.92 Å². The average molecular weight is 396 g/mol. The number of ether oxygens (including phenoxy) is 1. The fourth-order valence-electron chi connectivity index (χ4n) is 2.72. The van der Waals surface area contributed by atoms with E-state index in [9.17, 15) is 14.4 Å². The standard InChI is InChI=1S/C18H26N4O4S/c1-6-8-19-12(23)9-22(5)11(4)15-20-16(24)13-10(3)14(18(25)26-7-2)27-17(13)21-15/h11H,6-9H2,1-5H3,(H,19,23)(H,20,21,24)/p+1/t11-/m1/s1. The molecule has 2 heterocycles. The summed E-state index contributed by atoms with van der Waals surface area (Å²) in [6, 6.07) is -0.192. The van der Waals surface area contributed by atoms with Gasteiger partial charge in [-0.3, -0.25) is 9.59 Å². The van der Waals surface area contributed by atoms with Crippen molar-refractivity contribution in [3.8, 4) is 0 Å². The van der Waals surface area contributed by atoms with Crippen LogP contribution in [0.15, 0.2) is 4.79 Å². The van der Waals surface area contributed by atoms with E-state index in [1.54, 1.807) is 13.8 Å². The number of esters is 1. The van der Waals surface area contributed by atoms with Crippen LogP contribution in [0.2, 0.25) is 0 Å². The number of thiophene rings is 1. The number of fused-ring (bicyclic) bond motifs is 1. The molecule has 0 spiro atoms. The zero-order chi connectivity index (χ0) is 20.1. The van der Waals surface area contributed by atoms with Gasteiger partial charge in [0.2, 0.25) is 0 Å². The SMILES string of the molecule is CCCNC(=O)C[NH+](C)[C@H](C)c1nc2sc(C(=O)OCC)c(C)c2c(=O)[nH]1. The van der Waals surface area contributed by atoms with Gasteiger partial charge in [0, 0.05) is 6.54 Å². The summed E-state index contributed by atoms with van der Waals surface area (Å²) in [6.45, 7) is 8.55. The summed E-state index contributed by atoms with van der Waals surface area (Å²) in [7, 11) is 1.88. The first-order valence-electron chi connectivity index (χ1n) is 9.09. The summed E-state index contributed by atoms with van der Waals surface area (Å²) in [5.41, 5.74) is 0.301. The number of aromatic nitrogens is 2. The minimum absolute atomic E-state index is 0.0406. The molecule has 27 heavy (non-hydrogen) atoms. The maximum absolute atomic E-state index is 12.6. The summed E-state index contributed by atoms with van der Waals surface area (Å²) < 4.78 is 5.05. The molecule has 8 nitrogen and oxygen atoms in total. The highest BCUT2D eigenvalue weighted by molar-refractivity contribution is 7.20. The largest absolute Gasteiger partial charge is 0.462 e. The third-order valence-corrected chi connectivity index (χ3v) is 5.61.